The van der Waals surface area contributed by atoms with Gasteiger partial charge in [0.25, 0.3) is 0 Å². The number of benzene rings is 1. The van der Waals surface area contributed by atoms with E-state index in [0.717, 1.165) is 12.1 Å². The number of hydrogen-bond donors (Lipinski definition) is 1. The predicted molar refractivity (Wildman–Crippen MR) is 77.0 cm³/mol. The van der Waals surface area contributed by atoms with E-state index in [1.165, 1.54) is 43.5 Å². The third-order valence-electron chi connectivity index (χ3n) is 4.65. The molecule has 0 radical (unpaired) electrons. The smallest absolute Gasteiger partial charge is 0.0429 e. The predicted octanol–water partition coefficient (Wildman–Crippen LogP) is 3.29. The van der Waals surface area contributed by atoms with Crippen LogP contribution in [0.5, 0.6) is 0 Å². The summed E-state index contributed by atoms with van der Waals surface area (Å²) in [6.07, 6.45) is 5.32. The highest BCUT2D eigenvalue weighted by Crippen LogP contribution is 2.28. The molecule has 3 rings (SSSR count). The molecular weight excluding hydrogens is 220 g/mol. The van der Waals surface area contributed by atoms with Gasteiger partial charge in [-0.25, -0.2) is 0 Å². The van der Waals surface area contributed by atoms with Crippen LogP contribution >= 0.6 is 0 Å². The number of anilines is 1. The summed E-state index contributed by atoms with van der Waals surface area (Å²) in [6, 6.07) is 10.8. The molecule has 2 nitrogen and oxygen atoms in total. The number of piperidine rings is 1. The molecule has 18 heavy (non-hydrogen) atoms. The van der Waals surface area contributed by atoms with E-state index < -0.39 is 0 Å². The molecule has 1 fully saturated rings. The summed E-state index contributed by atoms with van der Waals surface area (Å²) in [6.45, 7) is 5.96. The highest BCUT2D eigenvalue weighted by atomic mass is 15.2. The number of hydrogen-bond acceptors (Lipinski definition) is 2. The van der Waals surface area contributed by atoms with Gasteiger partial charge < -0.3 is 5.32 Å². The Morgan fingerprint density at radius 2 is 1.89 bits per heavy atom. The fraction of sp³-hybridized carbons (Fsp3) is 0.625. The zero-order valence-electron chi connectivity index (χ0n) is 11.5. The van der Waals surface area contributed by atoms with Gasteiger partial charge in [0, 0.05) is 30.4 Å². The van der Waals surface area contributed by atoms with E-state index in [2.05, 4.69) is 48.3 Å². The van der Waals surface area contributed by atoms with E-state index in [0.29, 0.717) is 6.04 Å². The molecule has 0 amide bonds. The second-order valence-electron chi connectivity index (χ2n) is 6.03. The summed E-state index contributed by atoms with van der Waals surface area (Å²) < 4.78 is 0. The van der Waals surface area contributed by atoms with Crippen LogP contribution in [0.25, 0.3) is 0 Å². The Hall–Kier alpha value is -1.02. The Morgan fingerprint density at radius 1 is 1.17 bits per heavy atom. The minimum absolute atomic E-state index is 0.602. The summed E-state index contributed by atoms with van der Waals surface area (Å²) >= 11 is 0. The van der Waals surface area contributed by atoms with Crippen molar-refractivity contribution >= 4 is 5.69 Å². The molecule has 1 saturated heterocycles. The van der Waals surface area contributed by atoms with Crippen molar-refractivity contribution in [3.8, 4) is 0 Å². The van der Waals surface area contributed by atoms with Crippen LogP contribution in [0.2, 0.25) is 0 Å². The van der Waals surface area contributed by atoms with Crippen molar-refractivity contribution in [1.29, 1.82) is 0 Å². The highest BCUT2D eigenvalue weighted by molar-refractivity contribution is 5.56. The molecule has 2 unspecified atom stereocenters. The zero-order valence-corrected chi connectivity index (χ0v) is 11.5. The van der Waals surface area contributed by atoms with E-state index >= 15 is 0 Å². The Labute approximate surface area is 110 Å². The lowest BCUT2D eigenvalue weighted by molar-refractivity contribution is 0.0991. The monoisotopic (exact) mass is 244 g/mol. The molecule has 0 saturated carbocycles. The minimum Gasteiger partial charge on any atom is -0.380 e. The summed E-state index contributed by atoms with van der Waals surface area (Å²) in [5.41, 5.74) is 2.83. The maximum absolute atomic E-state index is 3.68. The fourth-order valence-corrected chi connectivity index (χ4v) is 3.57. The van der Waals surface area contributed by atoms with Crippen molar-refractivity contribution in [3.05, 3.63) is 29.8 Å². The largest absolute Gasteiger partial charge is 0.380 e. The van der Waals surface area contributed by atoms with Crippen LogP contribution < -0.4 is 5.32 Å². The molecule has 2 heteroatoms. The molecule has 1 N–H and O–H groups in total. The topological polar surface area (TPSA) is 15.3 Å². The standard InChI is InChI=1S/C16H24N2/c1-12-6-5-7-13(2)18(12)11-15-10-14-8-3-4-9-16(14)17-15/h3-4,8-9,12-13,15,17H,5-7,10-11H2,1-2H3/t12?,13?,15-/m0/s1. The average molecular weight is 244 g/mol. The number of nitrogens with one attached hydrogen (secondary N) is 1. The van der Waals surface area contributed by atoms with E-state index in [-0.39, 0.29) is 0 Å². The highest BCUT2D eigenvalue weighted by Gasteiger charge is 2.29. The van der Waals surface area contributed by atoms with Crippen molar-refractivity contribution in [2.75, 3.05) is 11.9 Å². The summed E-state index contributed by atoms with van der Waals surface area (Å²) in [5, 5.41) is 3.68. The number of rotatable bonds is 2. The number of nitrogens with zero attached hydrogens (tertiary/aromatic N) is 1. The lowest BCUT2D eigenvalue weighted by Crippen LogP contribution is -2.48. The van der Waals surface area contributed by atoms with Crippen molar-refractivity contribution < 1.29 is 0 Å². The van der Waals surface area contributed by atoms with Gasteiger partial charge in [0.05, 0.1) is 0 Å². The first-order valence-corrected chi connectivity index (χ1v) is 7.34. The van der Waals surface area contributed by atoms with Gasteiger partial charge >= 0.3 is 0 Å². The van der Waals surface area contributed by atoms with Gasteiger partial charge in [0.15, 0.2) is 0 Å². The molecule has 0 bridgehead atoms. The van der Waals surface area contributed by atoms with Crippen molar-refractivity contribution in [3.63, 3.8) is 0 Å². The molecule has 2 aliphatic rings. The average Bonchev–Trinajstić information content (AvgIpc) is 2.76. The van der Waals surface area contributed by atoms with Crippen molar-refractivity contribution in [2.45, 2.75) is 57.7 Å². The second-order valence-corrected chi connectivity index (χ2v) is 6.03. The van der Waals surface area contributed by atoms with E-state index in [1.54, 1.807) is 0 Å². The summed E-state index contributed by atoms with van der Waals surface area (Å²) in [4.78, 5) is 2.70. The maximum atomic E-state index is 3.68. The summed E-state index contributed by atoms with van der Waals surface area (Å²) in [7, 11) is 0. The molecule has 1 aromatic rings. The van der Waals surface area contributed by atoms with Gasteiger partial charge in [0.2, 0.25) is 0 Å². The van der Waals surface area contributed by atoms with Gasteiger partial charge in [-0.2, -0.15) is 0 Å². The third kappa shape index (κ3) is 2.26. The van der Waals surface area contributed by atoms with Crippen LogP contribution in [0, 0.1) is 0 Å². The van der Waals surface area contributed by atoms with E-state index in [9.17, 15) is 0 Å². The third-order valence-corrected chi connectivity index (χ3v) is 4.65. The van der Waals surface area contributed by atoms with Gasteiger partial charge in [-0.05, 0) is 44.7 Å². The SMILES string of the molecule is CC1CCCC(C)N1C[C@@H]1Cc2ccccc2N1. The normalized spacial score (nSPS) is 32.0. The van der Waals surface area contributed by atoms with Crippen LogP contribution in [-0.2, 0) is 6.42 Å². The Morgan fingerprint density at radius 3 is 2.61 bits per heavy atom. The molecule has 0 aromatic heterocycles. The molecule has 2 heterocycles. The van der Waals surface area contributed by atoms with Crippen molar-refractivity contribution in [2.24, 2.45) is 0 Å². The quantitative estimate of drug-likeness (QED) is 0.859. The fourth-order valence-electron chi connectivity index (χ4n) is 3.57. The number of likely N-dealkylation sites (tertiary alicyclic amines) is 1. The van der Waals surface area contributed by atoms with Crippen molar-refractivity contribution in [1.82, 2.24) is 4.90 Å². The number of fused-ring (bicyclic) bond motifs is 1. The molecule has 98 valence electrons. The molecule has 0 aliphatic carbocycles. The second kappa shape index (κ2) is 4.93. The molecule has 0 spiro atoms. The molecule has 2 aliphatic heterocycles. The molecule has 3 atom stereocenters. The molecular formula is C16H24N2. The first-order chi connectivity index (χ1) is 8.74. The Balaban J connectivity index is 1.65. The van der Waals surface area contributed by atoms with E-state index in [1.807, 2.05) is 0 Å². The first-order valence-electron chi connectivity index (χ1n) is 7.34. The van der Waals surface area contributed by atoms with Crippen LogP contribution in [0.1, 0.15) is 38.7 Å². The molecule has 1 aromatic carbocycles. The maximum Gasteiger partial charge on any atom is 0.0429 e. The van der Waals surface area contributed by atoms with Gasteiger partial charge in [-0.1, -0.05) is 24.6 Å². The zero-order chi connectivity index (χ0) is 12.5. The summed E-state index contributed by atoms with van der Waals surface area (Å²) in [5.74, 6) is 0. The Bertz CT molecular complexity index is 380. The lowest BCUT2D eigenvalue weighted by Gasteiger charge is -2.40. The Kier molecular flexibility index (Phi) is 3.29. The van der Waals surface area contributed by atoms with Gasteiger partial charge in [-0.3, -0.25) is 4.90 Å². The first kappa shape index (κ1) is 12.0. The van der Waals surface area contributed by atoms with Crippen LogP contribution in [-0.4, -0.2) is 29.6 Å². The van der Waals surface area contributed by atoms with Gasteiger partial charge in [-0.15, -0.1) is 0 Å². The minimum atomic E-state index is 0.602. The van der Waals surface area contributed by atoms with Crippen LogP contribution in [0.15, 0.2) is 24.3 Å². The number of para-hydroxylation sites is 1. The van der Waals surface area contributed by atoms with Crippen LogP contribution in [0.3, 0.4) is 0 Å². The van der Waals surface area contributed by atoms with Gasteiger partial charge in [0.1, 0.15) is 0 Å². The lowest BCUT2D eigenvalue weighted by atomic mass is 9.96. The van der Waals surface area contributed by atoms with E-state index in [4.69, 9.17) is 0 Å². The van der Waals surface area contributed by atoms with Crippen LogP contribution in [0.4, 0.5) is 5.69 Å².